The molecule has 8 nitrogen and oxygen atoms in total. The molecule has 1 atom stereocenters. The first-order valence-electron chi connectivity index (χ1n) is 10.9. The fourth-order valence-corrected chi connectivity index (χ4v) is 4.97. The van der Waals surface area contributed by atoms with Crippen molar-refractivity contribution in [2.24, 2.45) is 0 Å². The summed E-state index contributed by atoms with van der Waals surface area (Å²) in [5.41, 5.74) is 0.0266. The lowest BCUT2D eigenvalue weighted by molar-refractivity contribution is -0.118. The van der Waals surface area contributed by atoms with E-state index in [4.69, 9.17) is 11.6 Å². The van der Waals surface area contributed by atoms with Crippen LogP contribution < -0.4 is 15.5 Å². The van der Waals surface area contributed by atoms with E-state index >= 15 is 8.78 Å². The number of rotatable bonds is 6. The average Bonchev–Trinajstić information content (AvgIpc) is 3.17. The number of nitrogens with one attached hydrogen (secondary N) is 2. The second kappa shape index (κ2) is 10.4. The Kier molecular flexibility index (Phi) is 7.42. The van der Waals surface area contributed by atoms with E-state index < -0.39 is 51.1 Å². The lowest BCUT2D eigenvalue weighted by atomic mass is 9.99. The number of benzene rings is 2. The first-order valence-corrected chi connectivity index (χ1v) is 13.3. The first kappa shape index (κ1) is 26.4. The molecule has 3 amide bonds. The zero-order valence-electron chi connectivity index (χ0n) is 19.3. The van der Waals surface area contributed by atoms with Crippen molar-refractivity contribution in [1.29, 1.82) is 0 Å². The van der Waals surface area contributed by atoms with Crippen molar-refractivity contribution in [2.45, 2.75) is 18.2 Å². The number of aromatic nitrogens is 1. The summed E-state index contributed by atoms with van der Waals surface area (Å²) in [6.07, 6.45) is 2.25. The minimum atomic E-state index is -3.44. The number of amides is 3. The molecular formula is C24H20ClF3N4O4S. The Morgan fingerprint density at radius 1 is 1.14 bits per heavy atom. The lowest BCUT2D eigenvalue weighted by Gasteiger charge is -2.20. The maximum atomic E-state index is 15.2. The lowest BCUT2D eigenvalue weighted by Crippen LogP contribution is -2.43. The maximum Gasteiger partial charge on any atom is 0.321 e. The van der Waals surface area contributed by atoms with Crippen molar-refractivity contribution < 1.29 is 31.2 Å². The van der Waals surface area contributed by atoms with Gasteiger partial charge in [-0.25, -0.2) is 31.4 Å². The van der Waals surface area contributed by atoms with Gasteiger partial charge in [0, 0.05) is 24.6 Å². The molecule has 1 aromatic heterocycles. The monoisotopic (exact) mass is 552 g/mol. The van der Waals surface area contributed by atoms with Gasteiger partial charge in [-0.05, 0) is 35.7 Å². The van der Waals surface area contributed by atoms with Crippen molar-refractivity contribution in [2.75, 3.05) is 23.0 Å². The molecule has 0 radical (unpaired) electrons. The molecule has 13 heteroatoms. The predicted molar refractivity (Wildman–Crippen MR) is 132 cm³/mol. The molecule has 2 aromatic carbocycles. The first-order chi connectivity index (χ1) is 17.4. The number of hydrogen-bond acceptors (Lipinski definition) is 5. The van der Waals surface area contributed by atoms with Gasteiger partial charge in [-0.15, -0.1) is 0 Å². The van der Waals surface area contributed by atoms with Crippen LogP contribution in [0, 0.1) is 17.5 Å². The largest absolute Gasteiger partial charge is 0.326 e. The van der Waals surface area contributed by atoms with E-state index in [1.807, 2.05) is 0 Å². The van der Waals surface area contributed by atoms with Crippen LogP contribution in [0.3, 0.4) is 0 Å². The molecule has 0 spiro atoms. The van der Waals surface area contributed by atoms with Crippen LogP contribution in [0.25, 0.3) is 11.1 Å². The Balaban J connectivity index is 1.52. The summed E-state index contributed by atoms with van der Waals surface area (Å²) in [6, 6.07) is 7.61. The summed E-state index contributed by atoms with van der Waals surface area (Å²) in [4.78, 5) is 29.7. The van der Waals surface area contributed by atoms with E-state index in [0.29, 0.717) is 5.56 Å². The van der Waals surface area contributed by atoms with Crippen molar-refractivity contribution in [3.8, 4) is 11.1 Å². The van der Waals surface area contributed by atoms with Crippen molar-refractivity contribution >= 4 is 44.9 Å². The second-order valence-corrected chi connectivity index (χ2v) is 11.0. The third-order valence-corrected chi connectivity index (χ3v) is 6.67. The van der Waals surface area contributed by atoms with E-state index in [0.717, 1.165) is 23.4 Å². The molecule has 0 aliphatic carbocycles. The third-order valence-electron chi connectivity index (χ3n) is 5.63. The molecule has 2 heterocycles. The van der Waals surface area contributed by atoms with E-state index in [1.165, 1.54) is 24.3 Å². The van der Waals surface area contributed by atoms with Gasteiger partial charge < -0.3 is 10.2 Å². The van der Waals surface area contributed by atoms with Crippen LogP contribution >= 0.6 is 11.6 Å². The van der Waals surface area contributed by atoms with Gasteiger partial charge in [0.25, 0.3) is 0 Å². The number of anilines is 2. The average molecular weight is 553 g/mol. The SMILES string of the molecule is CS(=O)(=O)Cc1ccccc1-c1ccc(N2CC[C@@H](NC(=O)Nc3ncc(Cl)cc3F)C2=O)c(F)c1F. The fourth-order valence-electron chi connectivity index (χ4n) is 4.01. The molecule has 0 unspecified atom stereocenters. The highest BCUT2D eigenvalue weighted by Crippen LogP contribution is 2.34. The third kappa shape index (κ3) is 5.86. The molecule has 3 aromatic rings. The van der Waals surface area contributed by atoms with Crippen LogP contribution in [0.15, 0.2) is 48.7 Å². The Hall–Kier alpha value is -3.64. The molecule has 4 rings (SSSR count). The number of nitrogens with zero attached hydrogens (tertiary/aromatic N) is 2. The second-order valence-electron chi connectivity index (χ2n) is 8.40. The smallest absolute Gasteiger partial charge is 0.321 e. The van der Waals surface area contributed by atoms with Gasteiger partial charge in [-0.1, -0.05) is 35.9 Å². The van der Waals surface area contributed by atoms with E-state index in [-0.39, 0.29) is 40.6 Å². The predicted octanol–water partition coefficient (Wildman–Crippen LogP) is 4.29. The van der Waals surface area contributed by atoms with Gasteiger partial charge in [-0.2, -0.15) is 0 Å². The summed E-state index contributed by atoms with van der Waals surface area (Å²) < 4.78 is 67.7. The highest BCUT2D eigenvalue weighted by atomic mass is 35.5. The highest BCUT2D eigenvalue weighted by Gasteiger charge is 2.36. The molecule has 1 saturated heterocycles. The van der Waals surface area contributed by atoms with Crippen LogP contribution in [0.1, 0.15) is 12.0 Å². The number of carbonyl (C=O) groups is 2. The highest BCUT2D eigenvalue weighted by molar-refractivity contribution is 7.89. The number of pyridine rings is 1. The van der Waals surface area contributed by atoms with Crippen LogP contribution in [-0.2, 0) is 20.4 Å². The summed E-state index contributed by atoms with van der Waals surface area (Å²) in [6.45, 7) is -0.0162. The number of hydrogen-bond donors (Lipinski definition) is 2. The maximum absolute atomic E-state index is 15.2. The number of sulfone groups is 1. The van der Waals surface area contributed by atoms with E-state index in [9.17, 15) is 22.4 Å². The Labute approximate surface area is 215 Å². The zero-order chi connectivity index (χ0) is 26.9. The van der Waals surface area contributed by atoms with Crippen molar-refractivity contribution in [3.63, 3.8) is 0 Å². The molecule has 1 fully saturated rings. The number of carbonyl (C=O) groups excluding carboxylic acids is 2. The normalized spacial score (nSPS) is 15.6. The van der Waals surface area contributed by atoms with Crippen LogP contribution in [-0.4, -0.2) is 44.2 Å². The minimum Gasteiger partial charge on any atom is -0.326 e. The summed E-state index contributed by atoms with van der Waals surface area (Å²) in [5, 5.41) is 4.56. The molecule has 0 saturated carbocycles. The molecule has 0 bridgehead atoms. The van der Waals surface area contributed by atoms with Crippen LogP contribution in [0.5, 0.6) is 0 Å². The summed E-state index contributed by atoms with van der Waals surface area (Å²) >= 11 is 5.62. The number of halogens is 4. The van der Waals surface area contributed by atoms with Gasteiger partial charge in [0.15, 0.2) is 33.1 Å². The quantitative estimate of drug-likeness (QED) is 0.474. The minimum absolute atomic E-state index is 0.0162. The van der Waals surface area contributed by atoms with E-state index in [1.54, 1.807) is 12.1 Å². The summed E-state index contributed by atoms with van der Waals surface area (Å²) in [7, 11) is -3.44. The molecule has 1 aliphatic heterocycles. The molecule has 1 aliphatic rings. The molecule has 194 valence electrons. The fraction of sp³-hybridized carbons (Fsp3) is 0.208. The summed E-state index contributed by atoms with van der Waals surface area (Å²) in [5.74, 6) is -4.87. The molecule has 37 heavy (non-hydrogen) atoms. The topological polar surface area (TPSA) is 108 Å². The zero-order valence-corrected chi connectivity index (χ0v) is 20.8. The van der Waals surface area contributed by atoms with Crippen LogP contribution in [0.2, 0.25) is 5.02 Å². The molecule has 2 N–H and O–H groups in total. The number of urea groups is 1. The Morgan fingerprint density at radius 2 is 1.86 bits per heavy atom. The van der Waals surface area contributed by atoms with Gasteiger partial charge in [0.05, 0.1) is 16.5 Å². The van der Waals surface area contributed by atoms with Crippen molar-refractivity contribution in [1.82, 2.24) is 10.3 Å². The van der Waals surface area contributed by atoms with Gasteiger partial charge in [-0.3, -0.25) is 10.1 Å². The van der Waals surface area contributed by atoms with Gasteiger partial charge >= 0.3 is 6.03 Å². The Bertz CT molecular complexity index is 1500. The van der Waals surface area contributed by atoms with Gasteiger partial charge in [0.1, 0.15) is 6.04 Å². The van der Waals surface area contributed by atoms with Crippen LogP contribution in [0.4, 0.5) is 29.5 Å². The molecular weight excluding hydrogens is 533 g/mol. The van der Waals surface area contributed by atoms with E-state index in [2.05, 4.69) is 15.6 Å². The standard InChI is InChI=1S/C24H20ClF3N4O4S/c1-37(35,36)12-13-4-2-3-5-15(13)16-6-7-19(21(28)20(16)27)32-9-8-18(23(32)33)30-24(34)31-22-17(26)10-14(25)11-29-22/h2-7,10-11,18H,8-9,12H2,1H3,(H2,29,30,31,34)/t18-/m1/s1. The Morgan fingerprint density at radius 3 is 2.57 bits per heavy atom. The van der Waals surface area contributed by atoms with Crippen molar-refractivity contribution in [3.05, 3.63) is 76.7 Å². The van der Waals surface area contributed by atoms with Gasteiger partial charge in [0.2, 0.25) is 5.91 Å².